The minimum atomic E-state index is -3.04. The maximum atomic E-state index is 12.5. The number of carbonyl (C=O) groups excluding carboxylic acids is 2. The van der Waals surface area contributed by atoms with Gasteiger partial charge in [0, 0.05) is 18.2 Å². The second kappa shape index (κ2) is 11.2. The Balaban J connectivity index is 2.78. The minimum Gasteiger partial charge on any atom is -0.493 e. The van der Waals surface area contributed by atoms with E-state index in [1.807, 2.05) is 13.8 Å². The fraction of sp³-hybridized carbons (Fsp3) is 0.556. The molecular formula is C18H26F2N2O5. The molecule has 0 aromatic heterocycles. The number of rotatable bonds is 10. The van der Waals surface area contributed by atoms with Gasteiger partial charge in [0.25, 0.3) is 5.91 Å². The molecule has 0 aliphatic heterocycles. The number of nitrogens with one attached hydrogen (secondary N) is 2. The Morgan fingerprint density at radius 1 is 1.19 bits per heavy atom. The van der Waals surface area contributed by atoms with Gasteiger partial charge in [-0.1, -0.05) is 13.8 Å². The third-order valence-corrected chi connectivity index (χ3v) is 3.50. The van der Waals surface area contributed by atoms with Crippen LogP contribution in [0.25, 0.3) is 0 Å². The van der Waals surface area contributed by atoms with Crippen molar-refractivity contribution in [2.24, 2.45) is 5.92 Å². The molecule has 0 heterocycles. The first kappa shape index (κ1) is 22.5. The van der Waals surface area contributed by atoms with Crippen LogP contribution in [-0.2, 0) is 4.74 Å². The summed E-state index contributed by atoms with van der Waals surface area (Å²) in [5.74, 6) is -0.353. The first-order valence-corrected chi connectivity index (χ1v) is 8.61. The maximum Gasteiger partial charge on any atom is 0.407 e. The van der Waals surface area contributed by atoms with Gasteiger partial charge in [0.15, 0.2) is 11.5 Å². The van der Waals surface area contributed by atoms with Crippen molar-refractivity contribution < 1.29 is 32.6 Å². The number of benzene rings is 1. The molecule has 0 aliphatic carbocycles. The molecule has 0 fully saturated rings. The Morgan fingerprint density at radius 2 is 1.89 bits per heavy atom. The number of carbonyl (C=O) groups is 2. The molecule has 1 aromatic rings. The predicted molar refractivity (Wildman–Crippen MR) is 95.4 cm³/mol. The topological polar surface area (TPSA) is 85.9 Å². The highest BCUT2D eigenvalue weighted by Crippen LogP contribution is 2.29. The molecule has 9 heteroatoms. The summed E-state index contributed by atoms with van der Waals surface area (Å²) in [5, 5.41) is 5.37. The van der Waals surface area contributed by atoms with E-state index in [0.29, 0.717) is 6.42 Å². The number of hydrogen-bond donors (Lipinski definition) is 2. The zero-order chi connectivity index (χ0) is 20.4. The van der Waals surface area contributed by atoms with Gasteiger partial charge < -0.3 is 24.8 Å². The normalized spacial score (nSPS) is 11.9. The van der Waals surface area contributed by atoms with E-state index in [1.165, 1.54) is 25.3 Å². The van der Waals surface area contributed by atoms with Crippen molar-refractivity contribution >= 4 is 12.0 Å². The highest BCUT2D eigenvalue weighted by Gasteiger charge is 2.18. The third kappa shape index (κ3) is 8.10. The van der Waals surface area contributed by atoms with Crippen molar-refractivity contribution in [2.75, 3.05) is 20.3 Å². The largest absolute Gasteiger partial charge is 0.493 e. The van der Waals surface area contributed by atoms with E-state index in [0.717, 1.165) is 0 Å². The van der Waals surface area contributed by atoms with E-state index in [9.17, 15) is 18.4 Å². The molecule has 1 rings (SSSR count). The second-order valence-corrected chi connectivity index (χ2v) is 6.15. The summed E-state index contributed by atoms with van der Waals surface area (Å²) in [5.41, 5.74) is 0.130. The lowest BCUT2D eigenvalue weighted by atomic mass is 10.0. The van der Waals surface area contributed by atoms with Crippen LogP contribution in [0.4, 0.5) is 13.6 Å². The molecule has 1 unspecified atom stereocenters. The summed E-state index contributed by atoms with van der Waals surface area (Å²) in [7, 11) is 1.31. The van der Waals surface area contributed by atoms with Gasteiger partial charge in [0.1, 0.15) is 0 Å². The lowest BCUT2D eigenvalue weighted by Crippen LogP contribution is -2.44. The summed E-state index contributed by atoms with van der Waals surface area (Å²) in [4.78, 5) is 24.0. The lowest BCUT2D eigenvalue weighted by Gasteiger charge is -2.21. The molecule has 1 aromatic carbocycles. The monoisotopic (exact) mass is 388 g/mol. The van der Waals surface area contributed by atoms with E-state index >= 15 is 0 Å². The van der Waals surface area contributed by atoms with Crippen LogP contribution in [0.15, 0.2) is 18.2 Å². The van der Waals surface area contributed by atoms with Gasteiger partial charge in [-0.05, 0) is 37.5 Å². The number of alkyl carbamates (subject to hydrolysis) is 1. The number of amides is 2. The van der Waals surface area contributed by atoms with Crippen LogP contribution in [0.1, 0.15) is 37.6 Å². The smallest absolute Gasteiger partial charge is 0.407 e. The van der Waals surface area contributed by atoms with Gasteiger partial charge in [0.2, 0.25) is 0 Å². The van der Waals surface area contributed by atoms with Crippen LogP contribution in [0.3, 0.4) is 0 Å². The molecule has 0 aliphatic rings. The Kier molecular flexibility index (Phi) is 9.32. The summed E-state index contributed by atoms with van der Waals surface area (Å²) in [6, 6.07) is 3.65. The van der Waals surface area contributed by atoms with Crippen LogP contribution < -0.4 is 20.1 Å². The van der Waals surface area contributed by atoms with Gasteiger partial charge in [0.05, 0.1) is 13.7 Å². The van der Waals surface area contributed by atoms with Crippen molar-refractivity contribution in [1.82, 2.24) is 10.6 Å². The second-order valence-electron chi connectivity index (χ2n) is 6.15. The van der Waals surface area contributed by atoms with E-state index in [-0.39, 0.29) is 42.2 Å². The Bertz CT molecular complexity index is 626. The molecule has 0 saturated carbocycles. The SMILES string of the molecule is CCOC(=O)NC(CNC(=O)c1ccc(OC)c(OC(F)F)c1)CC(C)C. The minimum absolute atomic E-state index is 0.0912. The molecule has 0 spiro atoms. The zero-order valence-electron chi connectivity index (χ0n) is 15.9. The van der Waals surface area contributed by atoms with Crippen LogP contribution in [-0.4, -0.2) is 44.9 Å². The van der Waals surface area contributed by atoms with Crippen molar-refractivity contribution in [2.45, 2.75) is 39.8 Å². The first-order chi connectivity index (χ1) is 12.8. The molecule has 0 saturated heterocycles. The van der Waals surface area contributed by atoms with Gasteiger partial charge in [-0.3, -0.25) is 4.79 Å². The lowest BCUT2D eigenvalue weighted by molar-refractivity contribution is -0.0512. The number of halogens is 2. The standard InChI is InChI=1S/C18H26F2N2O5/c1-5-26-18(24)22-13(8-11(2)3)10-21-16(23)12-6-7-14(25-4)15(9-12)27-17(19)20/h6-7,9,11,13,17H,5,8,10H2,1-4H3,(H,21,23)(H,22,24). The van der Waals surface area contributed by atoms with E-state index in [1.54, 1.807) is 6.92 Å². The van der Waals surface area contributed by atoms with Gasteiger partial charge in [-0.15, -0.1) is 0 Å². The van der Waals surface area contributed by atoms with E-state index < -0.39 is 18.6 Å². The Hall–Kier alpha value is -2.58. The molecule has 0 radical (unpaired) electrons. The number of ether oxygens (including phenoxy) is 3. The molecule has 7 nitrogen and oxygen atoms in total. The summed E-state index contributed by atoms with van der Waals surface area (Å²) in [6.45, 7) is 3.03. The highest BCUT2D eigenvalue weighted by atomic mass is 19.3. The number of hydrogen-bond acceptors (Lipinski definition) is 5. The number of methoxy groups -OCH3 is 1. The fourth-order valence-corrected chi connectivity index (χ4v) is 2.43. The van der Waals surface area contributed by atoms with Crippen molar-refractivity contribution in [1.29, 1.82) is 0 Å². The quantitative estimate of drug-likeness (QED) is 0.643. The van der Waals surface area contributed by atoms with Crippen LogP contribution in [0, 0.1) is 5.92 Å². The fourth-order valence-electron chi connectivity index (χ4n) is 2.43. The maximum absolute atomic E-state index is 12.5. The Labute approximate surface area is 157 Å². The van der Waals surface area contributed by atoms with Gasteiger partial charge in [-0.25, -0.2) is 4.79 Å². The predicted octanol–water partition coefficient (Wildman–Crippen LogP) is 3.19. The average Bonchev–Trinajstić information content (AvgIpc) is 2.58. The van der Waals surface area contributed by atoms with Crippen molar-refractivity contribution in [3.8, 4) is 11.5 Å². The molecule has 0 bridgehead atoms. The molecule has 152 valence electrons. The molecule has 2 amide bonds. The molecular weight excluding hydrogens is 362 g/mol. The third-order valence-electron chi connectivity index (χ3n) is 3.50. The van der Waals surface area contributed by atoms with Crippen molar-refractivity contribution in [3.63, 3.8) is 0 Å². The van der Waals surface area contributed by atoms with E-state index in [4.69, 9.17) is 9.47 Å². The van der Waals surface area contributed by atoms with Crippen LogP contribution in [0.5, 0.6) is 11.5 Å². The average molecular weight is 388 g/mol. The summed E-state index contributed by atoms with van der Waals surface area (Å²) in [6.07, 6.45) is 0.0658. The van der Waals surface area contributed by atoms with Crippen molar-refractivity contribution in [3.05, 3.63) is 23.8 Å². The Morgan fingerprint density at radius 3 is 2.44 bits per heavy atom. The zero-order valence-corrected chi connectivity index (χ0v) is 15.9. The number of alkyl halides is 2. The molecule has 27 heavy (non-hydrogen) atoms. The van der Waals surface area contributed by atoms with Gasteiger partial charge >= 0.3 is 12.7 Å². The van der Waals surface area contributed by atoms with E-state index in [2.05, 4.69) is 15.4 Å². The van der Waals surface area contributed by atoms with Gasteiger partial charge in [-0.2, -0.15) is 8.78 Å². The summed E-state index contributed by atoms with van der Waals surface area (Å²) >= 11 is 0. The first-order valence-electron chi connectivity index (χ1n) is 8.61. The molecule has 2 N–H and O–H groups in total. The summed E-state index contributed by atoms with van der Waals surface area (Å²) < 4.78 is 39.2. The van der Waals surface area contributed by atoms with Crippen LogP contribution in [0.2, 0.25) is 0 Å². The highest BCUT2D eigenvalue weighted by molar-refractivity contribution is 5.94. The van der Waals surface area contributed by atoms with Crippen LogP contribution >= 0.6 is 0 Å². The molecule has 1 atom stereocenters.